The first-order valence-electron chi connectivity index (χ1n) is 8.07. The molecule has 0 bridgehead atoms. The molecule has 0 unspecified atom stereocenters. The molecule has 0 aromatic carbocycles. The average Bonchev–Trinajstić information content (AvgIpc) is 2.47. The van der Waals surface area contributed by atoms with Crippen LogP contribution in [0.25, 0.3) is 0 Å². The van der Waals surface area contributed by atoms with Crippen molar-refractivity contribution in [2.75, 3.05) is 5.75 Å². The topological polar surface area (TPSA) is 54.4 Å². The molecular formula is C16H25BrO3S. The minimum absolute atomic E-state index is 0.177. The Morgan fingerprint density at radius 3 is 2.10 bits per heavy atom. The number of rotatable bonds is 5. The van der Waals surface area contributed by atoms with Crippen molar-refractivity contribution in [1.29, 1.82) is 0 Å². The van der Waals surface area contributed by atoms with Crippen molar-refractivity contribution < 1.29 is 14.7 Å². The molecule has 0 aromatic rings. The highest BCUT2D eigenvalue weighted by Crippen LogP contribution is 2.34. The smallest absolute Gasteiger partial charge is 0.306 e. The van der Waals surface area contributed by atoms with Crippen LogP contribution in [-0.4, -0.2) is 26.8 Å². The Kier molecular flexibility index (Phi) is 7.06. The van der Waals surface area contributed by atoms with Crippen LogP contribution in [0.1, 0.15) is 57.8 Å². The van der Waals surface area contributed by atoms with Gasteiger partial charge in [0.1, 0.15) is 0 Å². The SMILES string of the molecule is O=C(CC1CCC(C(=O)O)CC1)SCC1CCC(Br)CC1. The normalized spacial score (nSPS) is 33.6. The van der Waals surface area contributed by atoms with Crippen molar-refractivity contribution in [1.82, 2.24) is 0 Å². The Morgan fingerprint density at radius 1 is 0.952 bits per heavy atom. The molecule has 1 N–H and O–H groups in total. The highest BCUT2D eigenvalue weighted by molar-refractivity contribution is 9.09. The van der Waals surface area contributed by atoms with Crippen LogP contribution in [0.15, 0.2) is 0 Å². The second-order valence-corrected chi connectivity index (χ2v) is 8.93. The fourth-order valence-corrected chi connectivity index (χ4v) is 5.04. The van der Waals surface area contributed by atoms with Crippen molar-refractivity contribution in [2.45, 2.75) is 62.6 Å². The van der Waals surface area contributed by atoms with Gasteiger partial charge in [0.05, 0.1) is 5.92 Å². The van der Waals surface area contributed by atoms with Gasteiger partial charge in [-0.1, -0.05) is 27.7 Å². The summed E-state index contributed by atoms with van der Waals surface area (Å²) < 4.78 is 0. The van der Waals surface area contributed by atoms with E-state index in [1.165, 1.54) is 37.4 Å². The monoisotopic (exact) mass is 376 g/mol. The zero-order valence-electron chi connectivity index (χ0n) is 12.4. The first-order valence-corrected chi connectivity index (χ1v) is 9.97. The van der Waals surface area contributed by atoms with E-state index < -0.39 is 5.97 Å². The molecule has 0 radical (unpaired) electrons. The third-order valence-electron chi connectivity index (χ3n) is 4.91. The molecule has 0 saturated heterocycles. The van der Waals surface area contributed by atoms with Gasteiger partial charge in [0.2, 0.25) is 0 Å². The van der Waals surface area contributed by atoms with Gasteiger partial charge >= 0.3 is 5.97 Å². The molecule has 0 atom stereocenters. The molecule has 0 aliphatic heterocycles. The number of hydrogen-bond acceptors (Lipinski definition) is 3. The molecule has 5 heteroatoms. The third kappa shape index (κ3) is 5.93. The molecule has 120 valence electrons. The molecule has 2 saturated carbocycles. The van der Waals surface area contributed by atoms with E-state index in [1.54, 1.807) is 0 Å². The van der Waals surface area contributed by atoms with Gasteiger partial charge in [0.15, 0.2) is 5.12 Å². The van der Waals surface area contributed by atoms with Gasteiger partial charge < -0.3 is 5.11 Å². The zero-order chi connectivity index (χ0) is 15.2. The molecule has 0 spiro atoms. The minimum atomic E-state index is -0.670. The van der Waals surface area contributed by atoms with Crippen LogP contribution in [0.3, 0.4) is 0 Å². The van der Waals surface area contributed by atoms with E-state index in [-0.39, 0.29) is 5.92 Å². The number of carboxylic acids is 1. The maximum absolute atomic E-state index is 12.1. The number of alkyl halides is 1. The quantitative estimate of drug-likeness (QED) is 0.718. The van der Waals surface area contributed by atoms with Gasteiger partial charge in [0, 0.05) is 17.0 Å². The van der Waals surface area contributed by atoms with Crippen LogP contribution < -0.4 is 0 Å². The lowest BCUT2D eigenvalue weighted by atomic mass is 9.81. The molecule has 2 rings (SSSR count). The summed E-state index contributed by atoms with van der Waals surface area (Å²) in [5, 5.41) is 9.29. The van der Waals surface area contributed by atoms with Gasteiger partial charge in [-0.05, 0) is 63.2 Å². The average molecular weight is 377 g/mol. The Labute approximate surface area is 139 Å². The Balaban J connectivity index is 1.61. The lowest BCUT2D eigenvalue weighted by Gasteiger charge is -2.26. The zero-order valence-corrected chi connectivity index (χ0v) is 14.8. The largest absolute Gasteiger partial charge is 0.481 e. The van der Waals surface area contributed by atoms with Gasteiger partial charge in [-0.15, -0.1) is 0 Å². The summed E-state index contributed by atoms with van der Waals surface area (Å²) in [5.41, 5.74) is 0. The molecule has 2 fully saturated rings. The van der Waals surface area contributed by atoms with E-state index in [0.29, 0.717) is 28.2 Å². The number of carbonyl (C=O) groups is 2. The summed E-state index contributed by atoms with van der Waals surface area (Å²) in [5.74, 6) is 1.25. The molecule has 0 aromatic heterocycles. The van der Waals surface area contributed by atoms with Gasteiger partial charge in [0.25, 0.3) is 0 Å². The van der Waals surface area contributed by atoms with Crippen molar-refractivity contribution in [3.05, 3.63) is 0 Å². The fourth-order valence-electron chi connectivity index (χ4n) is 3.41. The summed E-state index contributed by atoms with van der Waals surface area (Å²) in [6.45, 7) is 0. The number of thioether (sulfide) groups is 1. The maximum Gasteiger partial charge on any atom is 0.306 e. The van der Waals surface area contributed by atoms with E-state index >= 15 is 0 Å². The van der Waals surface area contributed by atoms with Crippen LogP contribution in [-0.2, 0) is 9.59 Å². The second-order valence-electron chi connectivity index (χ2n) is 6.56. The summed E-state index contributed by atoms with van der Waals surface area (Å²) in [4.78, 5) is 23.7. The number of carboxylic acid groups (broad SMARTS) is 1. The van der Waals surface area contributed by atoms with Crippen LogP contribution in [0.2, 0.25) is 0 Å². The van der Waals surface area contributed by atoms with E-state index in [9.17, 15) is 9.59 Å². The number of carbonyl (C=O) groups excluding carboxylic acids is 1. The van der Waals surface area contributed by atoms with E-state index in [1.807, 2.05) is 0 Å². The number of aliphatic carboxylic acids is 1. The van der Waals surface area contributed by atoms with Crippen LogP contribution in [0.4, 0.5) is 0 Å². The summed E-state index contributed by atoms with van der Waals surface area (Å²) in [6, 6.07) is 0. The fraction of sp³-hybridized carbons (Fsp3) is 0.875. The molecule has 0 amide bonds. The molecule has 3 nitrogen and oxygen atoms in total. The third-order valence-corrected chi connectivity index (χ3v) is 6.95. The first-order chi connectivity index (χ1) is 10.0. The van der Waals surface area contributed by atoms with Gasteiger partial charge in [-0.2, -0.15) is 0 Å². The lowest BCUT2D eigenvalue weighted by Crippen LogP contribution is -2.22. The number of hydrogen-bond donors (Lipinski definition) is 1. The van der Waals surface area contributed by atoms with Crippen molar-refractivity contribution in [3.8, 4) is 0 Å². The minimum Gasteiger partial charge on any atom is -0.481 e. The van der Waals surface area contributed by atoms with Crippen LogP contribution in [0, 0.1) is 17.8 Å². The van der Waals surface area contributed by atoms with Crippen molar-refractivity contribution in [2.24, 2.45) is 17.8 Å². The predicted octanol–water partition coefficient (Wildman–Crippen LogP) is 4.48. The highest BCUT2D eigenvalue weighted by Gasteiger charge is 2.27. The van der Waals surface area contributed by atoms with Crippen LogP contribution >= 0.6 is 27.7 Å². The predicted molar refractivity (Wildman–Crippen MR) is 89.8 cm³/mol. The van der Waals surface area contributed by atoms with Crippen molar-refractivity contribution >= 4 is 38.8 Å². The molecule has 0 heterocycles. The van der Waals surface area contributed by atoms with E-state index in [2.05, 4.69) is 15.9 Å². The lowest BCUT2D eigenvalue weighted by molar-refractivity contribution is -0.143. The summed E-state index contributed by atoms with van der Waals surface area (Å²) in [7, 11) is 0. The first kappa shape index (κ1) is 17.3. The summed E-state index contributed by atoms with van der Waals surface area (Å²) in [6.07, 6.45) is 8.87. The Hall–Kier alpha value is -0.0300. The maximum atomic E-state index is 12.1. The van der Waals surface area contributed by atoms with E-state index in [0.717, 1.165) is 31.4 Å². The highest BCUT2D eigenvalue weighted by atomic mass is 79.9. The molecule has 2 aliphatic carbocycles. The Morgan fingerprint density at radius 2 is 1.52 bits per heavy atom. The summed E-state index contributed by atoms with van der Waals surface area (Å²) >= 11 is 5.18. The number of halogens is 1. The molecule has 2 aliphatic rings. The van der Waals surface area contributed by atoms with E-state index in [4.69, 9.17) is 5.11 Å². The Bertz CT molecular complexity index is 359. The van der Waals surface area contributed by atoms with Gasteiger partial charge in [-0.25, -0.2) is 0 Å². The van der Waals surface area contributed by atoms with Crippen LogP contribution in [0.5, 0.6) is 0 Å². The molecular weight excluding hydrogens is 352 g/mol. The van der Waals surface area contributed by atoms with Gasteiger partial charge in [-0.3, -0.25) is 9.59 Å². The second kappa shape index (κ2) is 8.56. The standard InChI is InChI=1S/C16H25BrO3S/c17-14-7-3-12(4-8-14)10-21-15(18)9-11-1-5-13(6-2-11)16(19)20/h11-14H,1-10H2,(H,19,20). The van der Waals surface area contributed by atoms with Crippen molar-refractivity contribution in [3.63, 3.8) is 0 Å². The molecule has 21 heavy (non-hydrogen) atoms.